The van der Waals surface area contributed by atoms with E-state index in [0.717, 1.165) is 31.2 Å². The Kier molecular flexibility index (Phi) is 5.62. The van der Waals surface area contributed by atoms with Crippen LogP contribution in [0.5, 0.6) is 5.75 Å². The Morgan fingerprint density at radius 2 is 2.05 bits per heavy atom. The second kappa shape index (κ2) is 7.46. The van der Waals surface area contributed by atoms with E-state index in [2.05, 4.69) is 10.5 Å². The third-order valence-electron chi connectivity index (χ3n) is 3.86. The molecular formula is C16H21ClN2O2. The summed E-state index contributed by atoms with van der Waals surface area (Å²) in [5.41, 5.74) is 4.14. The van der Waals surface area contributed by atoms with Crippen molar-refractivity contribution in [3.05, 3.63) is 28.8 Å². The largest absolute Gasteiger partial charge is 0.496 e. The van der Waals surface area contributed by atoms with Gasteiger partial charge >= 0.3 is 0 Å². The molecule has 1 fully saturated rings. The number of hydrogen-bond donors (Lipinski definition) is 1. The van der Waals surface area contributed by atoms with Gasteiger partial charge in [-0.2, -0.15) is 5.10 Å². The summed E-state index contributed by atoms with van der Waals surface area (Å²) in [5.74, 6) is 0.791. The Morgan fingerprint density at radius 3 is 2.71 bits per heavy atom. The van der Waals surface area contributed by atoms with Crippen LogP contribution in [-0.2, 0) is 4.79 Å². The molecule has 0 atom stereocenters. The van der Waals surface area contributed by atoms with Gasteiger partial charge in [-0.3, -0.25) is 4.79 Å². The van der Waals surface area contributed by atoms with Crippen LogP contribution in [0.25, 0.3) is 0 Å². The van der Waals surface area contributed by atoms with Gasteiger partial charge in [0.05, 0.1) is 12.8 Å². The molecule has 0 aromatic heterocycles. The lowest BCUT2D eigenvalue weighted by Gasteiger charge is -2.19. The highest BCUT2D eigenvalue weighted by molar-refractivity contribution is 6.31. The molecule has 1 aromatic rings. The second-order valence-corrected chi connectivity index (χ2v) is 5.79. The van der Waals surface area contributed by atoms with Crippen molar-refractivity contribution in [3.63, 3.8) is 0 Å². The first-order chi connectivity index (χ1) is 10.1. The summed E-state index contributed by atoms with van der Waals surface area (Å²) in [4.78, 5) is 12.1. The fourth-order valence-electron chi connectivity index (χ4n) is 2.62. The Hall–Kier alpha value is -1.55. The minimum Gasteiger partial charge on any atom is -0.496 e. The van der Waals surface area contributed by atoms with Gasteiger partial charge in [-0.15, -0.1) is 0 Å². The van der Waals surface area contributed by atoms with Gasteiger partial charge in [-0.05, 0) is 38.0 Å². The van der Waals surface area contributed by atoms with Crippen LogP contribution in [0.15, 0.2) is 23.3 Å². The van der Waals surface area contributed by atoms with E-state index in [0.29, 0.717) is 16.5 Å². The van der Waals surface area contributed by atoms with Gasteiger partial charge in [-0.25, -0.2) is 5.43 Å². The number of ether oxygens (including phenoxy) is 1. The molecule has 0 spiro atoms. The Bertz CT molecular complexity index is 537. The zero-order valence-electron chi connectivity index (χ0n) is 12.5. The molecule has 0 aliphatic heterocycles. The first kappa shape index (κ1) is 15.8. The topological polar surface area (TPSA) is 50.7 Å². The number of nitrogens with one attached hydrogen (secondary N) is 1. The summed E-state index contributed by atoms with van der Waals surface area (Å²) >= 11 is 6.00. The highest BCUT2D eigenvalue weighted by atomic mass is 35.5. The maximum absolute atomic E-state index is 12.1. The molecule has 5 heteroatoms. The summed E-state index contributed by atoms with van der Waals surface area (Å²) < 4.78 is 5.29. The molecule has 1 aliphatic carbocycles. The normalized spacial score (nSPS) is 16.6. The molecule has 0 radical (unpaired) electrons. The summed E-state index contributed by atoms with van der Waals surface area (Å²) in [7, 11) is 1.60. The third-order valence-corrected chi connectivity index (χ3v) is 4.10. The minimum absolute atomic E-state index is 0.00930. The predicted molar refractivity (Wildman–Crippen MR) is 84.9 cm³/mol. The molecule has 4 nitrogen and oxygen atoms in total. The van der Waals surface area contributed by atoms with Crippen molar-refractivity contribution in [3.8, 4) is 5.75 Å². The number of methoxy groups -OCH3 is 1. The van der Waals surface area contributed by atoms with Crippen molar-refractivity contribution in [1.82, 2.24) is 5.43 Å². The van der Waals surface area contributed by atoms with E-state index in [1.54, 1.807) is 25.3 Å². The molecule has 0 saturated heterocycles. The van der Waals surface area contributed by atoms with Crippen LogP contribution in [0.1, 0.15) is 44.6 Å². The van der Waals surface area contributed by atoms with E-state index in [4.69, 9.17) is 16.3 Å². The van der Waals surface area contributed by atoms with E-state index < -0.39 is 0 Å². The van der Waals surface area contributed by atoms with E-state index in [-0.39, 0.29) is 11.8 Å². The quantitative estimate of drug-likeness (QED) is 0.680. The maximum Gasteiger partial charge on any atom is 0.243 e. The van der Waals surface area contributed by atoms with Crippen molar-refractivity contribution < 1.29 is 9.53 Å². The number of benzene rings is 1. The summed E-state index contributed by atoms with van der Waals surface area (Å²) in [5, 5.41) is 4.81. The molecule has 114 valence electrons. The smallest absolute Gasteiger partial charge is 0.243 e. The average molecular weight is 309 g/mol. The SMILES string of the molecule is COc1ccc(Cl)cc1/C(C)=N\NC(=O)C1CCCCC1. The highest BCUT2D eigenvalue weighted by Gasteiger charge is 2.20. The van der Waals surface area contributed by atoms with E-state index in [1.165, 1.54) is 6.42 Å². The van der Waals surface area contributed by atoms with E-state index >= 15 is 0 Å². The molecule has 1 aliphatic rings. The van der Waals surface area contributed by atoms with Crippen LogP contribution < -0.4 is 10.2 Å². The molecule has 0 unspecified atom stereocenters. The highest BCUT2D eigenvalue weighted by Crippen LogP contribution is 2.24. The molecular weight excluding hydrogens is 288 g/mol. The molecule has 2 rings (SSSR count). The molecule has 1 N–H and O–H groups in total. The number of nitrogens with zero attached hydrogens (tertiary/aromatic N) is 1. The number of carbonyl (C=O) groups excluding carboxylic acids is 1. The maximum atomic E-state index is 12.1. The lowest BCUT2D eigenvalue weighted by molar-refractivity contribution is -0.125. The monoisotopic (exact) mass is 308 g/mol. The van der Waals surface area contributed by atoms with Crippen LogP contribution in [-0.4, -0.2) is 18.7 Å². The Morgan fingerprint density at radius 1 is 1.33 bits per heavy atom. The number of halogens is 1. The lowest BCUT2D eigenvalue weighted by atomic mass is 9.89. The average Bonchev–Trinajstić information content (AvgIpc) is 2.53. The van der Waals surface area contributed by atoms with Gasteiger partial charge in [-0.1, -0.05) is 30.9 Å². The molecule has 0 bridgehead atoms. The van der Waals surface area contributed by atoms with Crippen molar-refractivity contribution in [2.24, 2.45) is 11.0 Å². The van der Waals surface area contributed by atoms with Crippen LogP contribution in [0.4, 0.5) is 0 Å². The fraction of sp³-hybridized carbons (Fsp3) is 0.500. The van der Waals surface area contributed by atoms with Gasteiger partial charge < -0.3 is 4.74 Å². The van der Waals surface area contributed by atoms with Crippen LogP contribution in [0.3, 0.4) is 0 Å². The first-order valence-corrected chi connectivity index (χ1v) is 7.67. The fourth-order valence-corrected chi connectivity index (χ4v) is 2.79. The van der Waals surface area contributed by atoms with E-state index in [1.807, 2.05) is 6.92 Å². The number of carbonyl (C=O) groups is 1. The van der Waals surface area contributed by atoms with Crippen molar-refractivity contribution >= 4 is 23.2 Å². The summed E-state index contributed by atoms with van der Waals surface area (Å²) in [6.07, 6.45) is 5.40. The zero-order chi connectivity index (χ0) is 15.2. The standard InChI is InChI=1S/C16H21ClN2O2/c1-11(14-10-13(17)8-9-15(14)21-2)18-19-16(20)12-6-4-3-5-7-12/h8-10,12H,3-7H2,1-2H3,(H,19,20)/b18-11-. The molecule has 1 amide bonds. The number of amides is 1. The number of rotatable bonds is 4. The number of hydrazone groups is 1. The van der Waals surface area contributed by atoms with Crippen LogP contribution in [0, 0.1) is 5.92 Å². The van der Waals surface area contributed by atoms with Crippen molar-refractivity contribution in [2.75, 3.05) is 7.11 Å². The van der Waals surface area contributed by atoms with Gasteiger partial charge in [0, 0.05) is 16.5 Å². The first-order valence-electron chi connectivity index (χ1n) is 7.30. The third kappa shape index (κ3) is 4.21. The van der Waals surface area contributed by atoms with Crippen molar-refractivity contribution in [1.29, 1.82) is 0 Å². The second-order valence-electron chi connectivity index (χ2n) is 5.35. The Labute approximate surface area is 130 Å². The minimum atomic E-state index is 0.00930. The molecule has 0 heterocycles. The van der Waals surface area contributed by atoms with Gasteiger partial charge in [0.15, 0.2) is 0 Å². The molecule has 1 saturated carbocycles. The Balaban J connectivity index is 2.06. The molecule has 1 aromatic carbocycles. The van der Waals surface area contributed by atoms with E-state index in [9.17, 15) is 4.79 Å². The predicted octanol–water partition coefficient (Wildman–Crippen LogP) is 3.77. The van der Waals surface area contributed by atoms with Gasteiger partial charge in [0.25, 0.3) is 0 Å². The zero-order valence-corrected chi connectivity index (χ0v) is 13.2. The van der Waals surface area contributed by atoms with Crippen molar-refractivity contribution in [2.45, 2.75) is 39.0 Å². The molecule has 21 heavy (non-hydrogen) atoms. The number of hydrogen-bond acceptors (Lipinski definition) is 3. The lowest BCUT2D eigenvalue weighted by Crippen LogP contribution is -2.29. The summed E-state index contributed by atoms with van der Waals surface area (Å²) in [6, 6.07) is 5.34. The summed E-state index contributed by atoms with van der Waals surface area (Å²) in [6.45, 7) is 1.83. The van der Waals surface area contributed by atoms with Gasteiger partial charge in [0.2, 0.25) is 5.91 Å². The van der Waals surface area contributed by atoms with Crippen LogP contribution in [0.2, 0.25) is 5.02 Å². The van der Waals surface area contributed by atoms with Crippen LogP contribution >= 0.6 is 11.6 Å². The van der Waals surface area contributed by atoms with Gasteiger partial charge in [0.1, 0.15) is 5.75 Å².